The number of nitrogens with zero attached hydrogens (tertiary/aromatic N) is 1. The highest BCUT2D eigenvalue weighted by molar-refractivity contribution is 9.10. The maximum atomic E-state index is 12.4. The molecule has 0 radical (unpaired) electrons. The molecular formula is C13H15BrClNOS. The largest absolute Gasteiger partial charge is 0.336 e. The van der Waals surface area contributed by atoms with Crippen LogP contribution in [0.3, 0.4) is 0 Å². The lowest BCUT2D eigenvalue weighted by atomic mass is 10.1. The van der Waals surface area contributed by atoms with Crippen LogP contribution in [0, 0.1) is 0 Å². The molecule has 98 valence electrons. The van der Waals surface area contributed by atoms with Crippen LogP contribution in [0.25, 0.3) is 0 Å². The van der Waals surface area contributed by atoms with E-state index in [4.69, 9.17) is 11.6 Å². The molecule has 0 aliphatic carbocycles. The molecule has 2 rings (SSSR count). The van der Waals surface area contributed by atoms with E-state index in [1.807, 2.05) is 16.7 Å². The van der Waals surface area contributed by atoms with E-state index in [1.165, 1.54) is 0 Å². The average Bonchev–Trinajstić information content (AvgIpc) is 2.30. The van der Waals surface area contributed by atoms with E-state index in [-0.39, 0.29) is 10.7 Å². The maximum Gasteiger partial charge on any atom is 0.253 e. The summed E-state index contributed by atoms with van der Waals surface area (Å²) in [5.41, 5.74) is 0.689. The molecule has 0 saturated carbocycles. The molecule has 5 heteroatoms. The predicted molar refractivity (Wildman–Crippen MR) is 81.6 cm³/mol. The van der Waals surface area contributed by atoms with E-state index in [2.05, 4.69) is 29.8 Å². The fraction of sp³-hybridized carbons (Fsp3) is 0.462. The zero-order valence-electron chi connectivity index (χ0n) is 10.4. The maximum absolute atomic E-state index is 12.4. The second kappa shape index (κ2) is 5.43. The average molecular weight is 349 g/mol. The van der Waals surface area contributed by atoms with Gasteiger partial charge in [-0.2, -0.15) is 11.8 Å². The Bertz CT molecular complexity index is 478. The van der Waals surface area contributed by atoms with Gasteiger partial charge in [-0.3, -0.25) is 4.79 Å². The van der Waals surface area contributed by atoms with Crippen LogP contribution in [0.15, 0.2) is 22.7 Å². The van der Waals surface area contributed by atoms with Crippen LogP contribution >= 0.6 is 39.3 Å². The summed E-state index contributed by atoms with van der Waals surface area (Å²) in [6.07, 6.45) is 0. The molecule has 0 aromatic heterocycles. The number of halogens is 2. The van der Waals surface area contributed by atoms with Gasteiger partial charge in [-0.05, 0) is 48.0 Å². The lowest BCUT2D eigenvalue weighted by Gasteiger charge is -2.37. The SMILES string of the molecule is CC1(C)CN(C(=O)c2ccc(Cl)c(Br)c2)CCS1. The minimum Gasteiger partial charge on any atom is -0.336 e. The van der Waals surface area contributed by atoms with Crippen molar-refractivity contribution in [1.82, 2.24) is 4.90 Å². The number of carbonyl (C=O) groups is 1. The minimum atomic E-state index is 0.0840. The first-order valence-electron chi connectivity index (χ1n) is 5.77. The zero-order chi connectivity index (χ0) is 13.3. The van der Waals surface area contributed by atoms with Gasteiger partial charge in [0.25, 0.3) is 5.91 Å². The number of benzene rings is 1. The lowest BCUT2D eigenvalue weighted by Crippen LogP contribution is -2.46. The van der Waals surface area contributed by atoms with E-state index in [1.54, 1.807) is 18.2 Å². The molecule has 0 atom stereocenters. The van der Waals surface area contributed by atoms with Gasteiger partial charge in [0.05, 0.1) is 5.02 Å². The van der Waals surface area contributed by atoms with Crippen LogP contribution in [0.2, 0.25) is 5.02 Å². The van der Waals surface area contributed by atoms with Crippen molar-refractivity contribution in [2.24, 2.45) is 0 Å². The topological polar surface area (TPSA) is 20.3 Å². The Hall–Kier alpha value is -0.190. The molecule has 1 aromatic carbocycles. The number of rotatable bonds is 1. The van der Waals surface area contributed by atoms with Crippen LogP contribution in [-0.2, 0) is 0 Å². The van der Waals surface area contributed by atoms with Gasteiger partial charge in [0.1, 0.15) is 0 Å². The van der Waals surface area contributed by atoms with Gasteiger partial charge in [0.15, 0.2) is 0 Å². The summed E-state index contributed by atoms with van der Waals surface area (Å²) < 4.78 is 0.901. The number of carbonyl (C=O) groups excluding carboxylic acids is 1. The Kier molecular flexibility index (Phi) is 4.29. The highest BCUT2D eigenvalue weighted by Crippen LogP contribution is 2.31. The fourth-order valence-corrected chi connectivity index (χ4v) is 3.61. The molecule has 0 spiro atoms. The monoisotopic (exact) mass is 347 g/mol. The molecule has 1 amide bonds. The summed E-state index contributed by atoms with van der Waals surface area (Å²) in [4.78, 5) is 14.3. The smallest absolute Gasteiger partial charge is 0.253 e. The number of hydrogen-bond acceptors (Lipinski definition) is 2. The highest BCUT2D eigenvalue weighted by Gasteiger charge is 2.30. The standard InChI is InChI=1S/C13H15BrClNOS/c1-13(2)8-16(5-6-18-13)12(17)9-3-4-11(15)10(14)7-9/h3-4,7H,5-6,8H2,1-2H3. The molecule has 0 bridgehead atoms. The van der Waals surface area contributed by atoms with Gasteiger partial charge in [0, 0.05) is 33.6 Å². The van der Waals surface area contributed by atoms with Crippen LogP contribution in [0.5, 0.6) is 0 Å². The third-order valence-corrected chi connectivity index (χ3v) is 5.39. The second-order valence-electron chi connectivity index (χ2n) is 4.96. The molecule has 1 fully saturated rings. The number of amides is 1. The van der Waals surface area contributed by atoms with Crippen molar-refractivity contribution in [1.29, 1.82) is 0 Å². The first kappa shape index (κ1) is 14.2. The van der Waals surface area contributed by atoms with Gasteiger partial charge < -0.3 is 4.90 Å². The third kappa shape index (κ3) is 3.22. The van der Waals surface area contributed by atoms with Crippen molar-refractivity contribution < 1.29 is 4.79 Å². The molecule has 1 saturated heterocycles. The quantitative estimate of drug-likeness (QED) is 0.762. The summed E-state index contributed by atoms with van der Waals surface area (Å²) in [5.74, 6) is 1.08. The van der Waals surface area contributed by atoms with E-state index in [9.17, 15) is 4.79 Å². The molecule has 1 aliphatic rings. The van der Waals surface area contributed by atoms with E-state index in [0.29, 0.717) is 10.6 Å². The highest BCUT2D eigenvalue weighted by atomic mass is 79.9. The Morgan fingerprint density at radius 1 is 1.50 bits per heavy atom. The molecule has 18 heavy (non-hydrogen) atoms. The first-order valence-corrected chi connectivity index (χ1v) is 7.93. The van der Waals surface area contributed by atoms with Crippen LogP contribution in [0.1, 0.15) is 24.2 Å². The van der Waals surface area contributed by atoms with Crippen molar-refractivity contribution in [3.05, 3.63) is 33.3 Å². The van der Waals surface area contributed by atoms with Crippen molar-refractivity contribution >= 4 is 45.2 Å². The Labute approximate surface area is 125 Å². The third-order valence-electron chi connectivity index (χ3n) is 2.88. The molecule has 0 unspecified atom stereocenters. The molecule has 1 heterocycles. The molecule has 1 aromatic rings. The molecule has 0 N–H and O–H groups in total. The predicted octanol–water partition coefficient (Wildman–Crippen LogP) is 4.07. The number of hydrogen-bond donors (Lipinski definition) is 0. The zero-order valence-corrected chi connectivity index (χ0v) is 13.5. The van der Waals surface area contributed by atoms with Gasteiger partial charge in [0.2, 0.25) is 0 Å². The van der Waals surface area contributed by atoms with Crippen molar-refractivity contribution in [2.45, 2.75) is 18.6 Å². The lowest BCUT2D eigenvalue weighted by molar-refractivity contribution is 0.0748. The summed E-state index contributed by atoms with van der Waals surface area (Å²) in [5, 5.41) is 0.626. The summed E-state index contributed by atoms with van der Waals surface area (Å²) in [6.45, 7) is 5.95. The fourth-order valence-electron chi connectivity index (χ4n) is 2.00. The summed E-state index contributed by atoms with van der Waals surface area (Å²) in [6, 6.07) is 5.33. The Balaban J connectivity index is 2.18. The van der Waals surface area contributed by atoms with E-state index >= 15 is 0 Å². The van der Waals surface area contributed by atoms with Gasteiger partial charge in [-0.15, -0.1) is 0 Å². The van der Waals surface area contributed by atoms with Crippen LogP contribution < -0.4 is 0 Å². The molecular weight excluding hydrogens is 334 g/mol. The minimum absolute atomic E-state index is 0.0840. The summed E-state index contributed by atoms with van der Waals surface area (Å²) in [7, 11) is 0. The van der Waals surface area contributed by atoms with Gasteiger partial charge in [-0.25, -0.2) is 0 Å². The summed E-state index contributed by atoms with van der Waals surface area (Å²) >= 11 is 11.2. The van der Waals surface area contributed by atoms with Crippen molar-refractivity contribution in [3.8, 4) is 0 Å². The molecule has 2 nitrogen and oxygen atoms in total. The first-order chi connectivity index (χ1) is 8.39. The van der Waals surface area contributed by atoms with Gasteiger partial charge in [-0.1, -0.05) is 11.6 Å². The normalized spacial score (nSPS) is 18.8. The Morgan fingerprint density at radius 2 is 2.22 bits per heavy atom. The second-order valence-corrected chi connectivity index (χ2v) is 8.03. The number of thioether (sulfide) groups is 1. The van der Waals surface area contributed by atoms with Crippen LogP contribution in [-0.4, -0.2) is 34.4 Å². The van der Waals surface area contributed by atoms with E-state index < -0.39 is 0 Å². The Morgan fingerprint density at radius 3 is 2.83 bits per heavy atom. The van der Waals surface area contributed by atoms with Gasteiger partial charge >= 0.3 is 0 Å². The van der Waals surface area contributed by atoms with Crippen LogP contribution in [0.4, 0.5) is 0 Å². The van der Waals surface area contributed by atoms with Crippen molar-refractivity contribution in [2.75, 3.05) is 18.8 Å². The van der Waals surface area contributed by atoms with Crippen molar-refractivity contribution in [3.63, 3.8) is 0 Å². The molecule has 1 aliphatic heterocycles. The van der Waals surface area contributed by atoms with E-state index in [0.717, 1.165) is 23.3 Å².